The molecule has 0 amide bonds. The molecule has 0 unspecified atom stereocenters. The van der Waals surface area contributed by atoms with Crippen molar-refractivity contribution >= 4 is 27.6 Å². The number of rotatable bonds is 8. The van der Waals surface area contributed by atoms with Crippen LogP contribution in [0.2, 0.25) is 0 Å². The molecule has 1 aromatic rings. The van der Waals surface area contributed by atoms with Crippen molar-refractivity contribution in [2.75, 3.05) is 19.5 Å². The SMILES string of the molecule is COC(=O)/C=C(/Nc1ccccc1S(=O)(=O)N(C1CCCCC1)C1CCCCC1)C(=O)OC. The minimum atomic E-state index is -3.87. The number of carbonyl (C=O) groups excluding carboxylic acids is 2. The zero-order chi connectivity index (χ0) is 23.8. The number of nitrogens with one attached hydrogen (secondary N) is 1. The fourth-order valence-corrected chi connectivity index (χ4v) is 6.93. The standard InChI is InChI=1S/C24H34N2O6S/c1-31-23(27)17-21(24(28)32-2)25-20-15-9-10-16-22(20)33(29,30)26(18-11-5-3-6-12-18)19-13-7-4-8-14-19/h9-10,15-19,25H,3-8,11-14H2,1-2H3/b21-17+. The Morgan fingerprint density at radius 1 is 0.909 bits per heavy atom. The van der Waals surface area contributed by atoms with Crippen LogP contribution in [0.3, 0.4) is 0 Å². The predicted octanol–water partition coefficient (Wildman–Crippen LogP) is 3.98. The number of ether oxygens (including phenoxy) is 2. The first-order valence-corrected chi connectivity index (χ1v) is 13.1. The maximum Gasteiger partial charge on any atom is 0.354 e. The van der Waals surface area contributed by atoms with Crippen LogP contribution in [0.5, 0.6) is 0 Å². The van der Waals surface area contributed by atoms with Gasteiger partial charge in [-0.05, 0) is 37.8 Å². The molecule has 2 fully saturated rings. The summed E-state index contributed by atoms with van der Waals surface area (Å²) in [6, 6.07) is 6.43. The molecule has 3 rings (SSSR count). The Morgan fingerprint density at radius 3 is 1.97 bits per heavy atom. The molecule has 0 saturated heterocycles. The molecule has 0 radical (unpaired) electrons. The predicted molar refractivity (Wildman–Crippen MR) is 125 cm³/mol. The molecular formula is C24H34N2O6S. The van der Waals surface area contributed by atoms with E-state index in [1.165, 1.54) is 14.2 Å². The highest BCUT2D eigenvalue weighted by molar-refractivity contribution is 7.89. The lowest BCUT2D eigenvalue weighted by molar-refractivity contribution is -0.138. The van der Waals surface area contributed by atoms with Crippen LogP contribution >= 0.6 is 0 Å². The summed E-state index contributed by atoms with van der Waals surface area (Å²) in [7, 11) is -1.49. The highest BCUT2D eigenvalue weighted by atomic mass is 32.2. The molecule has 2 saturated carbocycles. The molecule has 0 atom stereocenters. The molecule has 2 aliphatic carbocycles. The average molecular weight is 479 g/mol. The van der Waals surface area contributed by atoms with Gasteiger partial charge in [0.25, 0.3) is 0 Å². The summed E-state index contributed by atoms with van der Waals surface area (Å²) in [6.07, 6.45) is 10.8. The fraction of sp³-hybridized carbons (Fsp3) is 0.583. The first kappa shape index (κ1) is 25.2. The van der Waals surface area contributed by atoms with Crippen LogP contribution < -0.4 is 5.32 Å². The molecule has 0 aromatic heterocycles. The minimum Gasteiger partial charge on any atom is -0.466 e. The molecular weight excluding hydrogens is 444 g/mol. The van der Waals surface area contributed by atoms with Gasteiger partial charge < -0.3 is 14.8 Å². The number of esters is 2. The molecule has 33 heavy (non-hydrogen) atoms. The maximum atomic E-state index is 14.1. The van der Waals surface area contributed by atoms with Gasteiger partial charge in [0.2, 0.25) is 10.0 Å². The lowest BCUT2D eigenvalue weighted by atomic mass is 9.91. The number of para-hydroxylation sites is 1. The number of methoxy groups -OCH3 is 2. The summed E-state index contributed by atoms with van der Waals surface area (Å²) in [6.45, 7) is 0. The first-order chi connectivity index (χ1) is 15.9. The van der Waals surface area contributed by atoms with E-state index in [9.17, 15) is 18.0 Å². The minimum absolute atomic E-state index is 0.0226. The largest absolute Gasteiger partial charge is 0.466 e. The monoisotopic (exact) mass is 478 g/mol. The summed E-state index contributed by atoms with van der Waals surface area (Å²) >= 11 is 0. The van der Waals surface area contributed by atoms with Gasteiger partial charge in [-0.15, -0.1) is 0 Å². The second kappa shape index (κ2) is 11.7. The van der Waals surface area contributed by atoms with Crippen LogP contribution in [-0.2, 0) is 29.1 Å². The quantitative estimate of drug-likeness (QED) is 0.445. The Hall–Kier alpha value is -2.39. The van der Waals surface area contributed by atoms with Crippen LogP contribution in [0, 0.1) is 0 Å². The third-order valence-corrected chi connectivity index (χ3v) is 8.51. The van der Waals surface area contributed by atoms with E-state index in [0.717, 1.165) is 70.3 Å². The Bertz CT molecular complexity index is 945. The molecule has 2 aliphatic rings. The summed E-state index contributed by atoms with van der Waals surface area (Å²) in [4.78, 5) is 24.1. The van der Waals surface area contributed by atoms with Crippen molar-refractivity contribution in [1.82, 2.24) is 4.31 Å². The van der Waals surface area contributed by atoms with Gasteiger partial charge in [0, 0.05) is 12.1 Å². The van der Waals surface area contributed by atoms with E-state index in [0.29, 0.717) is 0 Å². The molecule has 1 N–H and O–H groups in total. The summed E-state index contributed by atoms with van der Waals surface area (Å²) in [5.41, 5.74) is 0.0172. The van der Waals surface area contributed by atoms with Crippen molar-refractivity contribution in [2.45, 2.75) is 81.2 Å². The van der Waals surface area contributed by atoms with Crippen molar-refractivity contribution in [3.05, 3.63) is 36.0 Å². The molecule has 1 aromatic carbocycles. The third-order valence-electron chi connectivity index (χ3n) is 6.45. The molecule has 9 heteroatoms. The van der Waals surface area contributed by atoms with Gasteiger partial charge in [0.05, 0.1) is 26.0 Å². The maximum absolute atomic E-state index is 14.1. The van der Waals surface area contributed by atoms with Crippen LogP contribution in [0.1, 0.15) is 64.2 Å². The number of hydrogen-bond donors (Lipinski definition) is 1. The van der Waals surface area contributed by atoms with E-state index in [1.54, 1.807) is 28.6 Å². The van der Waals surface area contributed by atoms with Crippen molar-refractivity contribution < 1.29 is 27.5 Å². The fourth-order valence-electron chi connectivity index (χ4n) is 4.85. The van der Waals surface area contributed by atoms with E-state index in [-0.39, 0.29) is 28.4 Å². The molecule has 182 valence electrons. The number of carbonyl (C=O) groups is 2. The smallest absolute Gasteiger partial charge is 0.354 e. The topological polar surface area (TPSA) is 102 Å². The highest BCUT2D eigenvalue weighted by Gasteiger charge is 2.39. The zero-order valence-corrected chi connectivity index (χ0v) is 20.2. The summed E-state index contributed by atoms with van der Waals surface area (Å²) < 4.78 is 39.4. The number of sulfonamides is 1. The van der Waals surface area contributed by atoms with E-state index < -0.39 is 22.0 Å². The normalized spacial score (nSPS) is 18.7. The van der Waals surface area contributed by atoms with Crippen molar-refractivity contribution in [3.8, 4) is 0 Å². The van der Waals surface area contributed by atoms with Crippen LogP contribution in [-0.4, -0.2) is 51.0 Å². The van der Waals surface area contributed by atoms with Crippen molar-refractivity contribution in [2.24, 2.45) is 0 Å². The molecule has 8 nitrogen and oxygen atoms in total. The van der Waals surface area contributed by atoms with Crippen LogP contribution in [0.15, 0.2) is 40.9 Å². The van der Waals surface area contributed by atoms with Gasteiger partial charge in [0.1, 0.15) is 10.6 Å². The second-order valence-electron chi connectivity index (χ2n) is 8.61. The number of benzene rings is 1. The molecule has 0 heterocycles. The number of hydrogen-bond acceptors (Lipinski definition) is 7. The Balaban J connectivity index is 2.01. The van der Waals surface area contributed by atoms with Gasteiger partial charge in [-0.25, -0.2) is 18.0 Å². The average Bonchev–Trinajstić information content (AvgIpc) is 2.84. The zero-order valence-electron chi connectivity index (χ0n) is 19.4. The third kappa shape index (κ3) is 6.14. The van der Waals surface area contributed by atoms with Gasteiger partial charge >= 0.3 is 11.9 Å². The Labute approximate surface area is 196 Å². The Morgan fingerprint density at radius 2 is 1.45 bits per heavy atom. The molecule has 0 bridgehead atoms. The van der Waals surface area contributed by atoms with E-state index >= 15 is 0 Å². The van der Waals surface area contributed by atoms with Crippen LogP contribution in [0.4, 0.5) is 5.69 Å². The van der Waals surface area contributed by atoms with E-state index in [4.69, 9.17) is 4.74 Å². The van der Waals surface area contributed by atoms with Crippen LogP contribution in [0.25, 0.3) is 0 Å². The lowest BCUT2D eigenvalue weighted by Gasteiger charge is -2.40. The molecule has 0 aliphatic heterocycles. The van der Waals surface area contributed by atoms with Crippen molar-refractivity contribution in [1.29, 1.82) is 0 Å². The van der Waals surface area contributed by atoms with Gasteiger partial charge in [0.15, 0.2) is 0 Å². The highest BCUT2D eigenvalue weighted by Crippen LogP contribution is 2.36. The summed E-state index contributed by atoms with van der Waals surface area (Å²) in [5, 5.41) is 2.81. The molecule has 0 spiro atoms. The van der Waals surface area contributed by atoms with Gasteiger partial charge in [-0.2, -0.15) is 4.31 Å². The number of anilines is 1. The summed E-state index contributed by atoms with van der Waals surface area (Å²) in [5.74, 6) is -1.56. The van der Waals surface area contributed by atoms with Gasteiger partial charge in [-0.3, -0.25) is 0 Å². The van der Waals surface area contributed by atoms with Gasteiger partial charge in [-0.1, -0.05) is 50.7 Å². The Kier molecular flexibility index (Phi) is 8.91. The van der Waals surface area contributed by atoms with E-state index in [1.807, 2.05) is 0 Å². The number of nitrogens with zero attached hydrogens (tertiary/aromatic N) is 1. The lowest BCUT2D eigenvalue weighted by Crippen LogP contribution is -2.48. The first-order valence-electron chi connectivity index (χ1n) is 11.7. The second-order valence-corrected chi connectivity index (χ2v) is 10.4. The van der Waals surface area contributed by atoms with E-state index in [2.05, 4.69) is 10.1 Å². The van der Waals surface area contributed by atoms with Crippen molar-refractivity contribution in [3.63, 3.8) is 0 Å².